The van der Waals surface area contributed by atoms with Crippen LogP contribution in [0.3, 0.4) is 0 Å². The number of ketones is 1. The highest BCUT2D eigenvalue weighted by Gasteiger charge is 2.48. The molecule has 4 rings (SSSR count). The van der Waals surface area contributed by atoms with E-state index in [0.717, 1.165) is 19.3 Å². The average molecular weight is 844 g/mol. The molecule has 298 valence electrons. The number of allylic oxidation sites excluding steroid dienone is 2. The zero-order valence-electron chi connectivity index (χ0n) is 32.4. The van der Waals surface area contributed by atoms with Crippen LogP contribution >= 0.6 is 15.9 Å². The first-order valence-corrected chi connectivity index (χ1v) is 17.9. The van der Waals surface area contributed by atoms with Crippen molar-refractivity contribution in [2.75, 3.05) is 7.11 Å². The number of ether oxygens (including phenoxy) is 4. The third-order valence-electron chi connectivity index (χ3n) is 10.2. The van der Waals surface area contributed by atoms with Gasteiger partial charge in [-0.3, -0.25) is 4.79 Å². The van der Waals surface area contributed by atoms with Gasteiger partial charge in [-0.25, -0.2) is 28.0 Å². The van der Waals surface area contributed by atoms with Crippen molar-refractivity contribution in [3.63, 3.8) is 0 Å². The fourth-order valence-corrected chi connectivity index (χ4v) is 7.29. The number of benzene rings is 3. The Morgan fingerprint density at radius 1 is 0.768 bits per heavy atom. The summed E-state index contributed by atoms with van der Waals surface area (Å²) < 4.78 is 49.1. The normalized spacial score (nSPS) is 15.3. The first-order chi connectivity index (χ1) is 26.0. The van der Waals surface area contributed by atoms with Crippen LogP contribution in [-0.4, -0.2) is 64.1 Å². The summed E-state index contributed by atoms with van der Waals surface area (Å²) in [7, 11) is 1.15. The number of aromatic carboxylic acids is 1. The van der Waals surface area contributed by atoms with Gasteiger partial charge in [0.2, 0.25) is 12.0 Å². The molecule has 0 amide bonds. The van der Waals surface area contributed by atoms with Gasteiger partial charge in [0.15, 0.2) is 11.5 Å². The number of hydrogen-bond donors (Lipinski definition) is 3. The molecule has 3 aromatic carbocycles. The van der Waals surface area contributed by atoms with Crippen molar-refractivity contribution in [1.29, 1.82) is 0 Å². The molecule has 0 aromatic heterocycles. The number of carboxylic acids is 1. The van der Waals surface area contributed by atoms with Gasteiger partial charge in [0.25, 0.3) is 0 Å². The number of carbonyl (C=O) groups is 5. The number of aliphatic hydroxyl groups is 1. The molecule has 0 bridgehead atoms. The Morgan fingerprint density at radius 3 is 1.84 bits per heavy atom. The standard InChI is InChI=1S/C41H41BrF2O12/c1-16-13-27(26(11-12-29(43)44)24(9)30(16)38(49)55-35-21(6)18(3)31(37(47)48)19(4)22(35)7)54-39(50)32-20(5)23(8)36(33(42)34(32)46)56-40(51)41(52)17(2)14-25(45)15-28(41)53-10/h13-15,29,46,52H,11-12H2,1-10H3,(H,47,48)/t41-/m1/s1. The molecule has 0 saturated heterocycles. The molecule has 0 radical (unpaired) electrons. The number of rotatable bonds is 11. The molecule has 1 aliphatic rings. The molecule has 0 spiro atoms. The molecule has 15 heteroatoms. The van der Waals surface area contributed by atoms with E-state index in [1.54, 1.807) is 27.7 Å². The summed E-state index contributed by atoms with van der Waals surface area (Å²) >= 11 is 3.16. The van der Waals surface area contributed by atoms with E-state index in [9.17, 15) is 48.1 Å². The highest BCUT2D eigenvalue weighted by molar-refractivity contribution is 9.10. The summed E-state index contributed by atoms with van der Waals surface area (Å²) in [6.07, 6.45) is -1.76. The predicted octanol–water partition coefficient (Wildman–Crippen LogP) is 7.65. The van der Waals surface area contributed by atoms with Gasteiger partial charge in [0, 0.05) is 12.5 Å². The Morgan fingerprint density at radius 2 is 1.30 bits per heavy atom. The van der Waals surface area contributed by atoms with Crippen molar-refractivity contribution in [1.82, 2.24) is 0 Å². The van der Waals surface area contributed by atoms with E-state index < -0.39 is 53.9 Å². The molecule has 12 nitrogen and oxygen atoms in total. The van der Waals surface area contributed by atoms with Gasteiger partial charge in [-0.1, -0.05) is 0 Å². The van der Waals surface area contributed by atoms with Gasteiger partial charge >= 0.3 is 23.9 Å². The second kappa shape index (κ2) is 16.4. The fraction of sp³-hybridized carbons (Fsp3) is 0.341. The second-order valence-corrected chi connectivity index (χ2v) is 14.3. The number of hydrogen-bond acceptors (Lipinski definition) is 11. The lowest BCUT2D eigenvalue weighted by Gasteiger charge is -2.30. The first-order valence-electron chi connectivity index (χ1n) is 17.1. The maximum Gasteiger partial charge on any atom is 0.356 e. The van der Waals surface area contributed by atoms with Crippen molar-refractivity contribution in [2.24, 2.45) is 0 Å². The molecule has 0 aliphatic heterocycles. The van der Waals surface area contributed by atoms with E-state index in [4.69, 9.17) is 18.9 Å². The summed E-state index contributed by atoms with van der Waals surface area (Å²) in [6.45, 7) is 13.7. The SMILES string of the molecule is COC1=CC(=O)C=C(C)[C@]1(O)C(=O)Oc1c(C)c(C)c(C(=O)Oc2cc(C)c(C(=O)Oc3c(C)c(C)c(C(=O)O)c(C)c3C)c(C)c2CCC(F)F)c(O)c1Br. The second-order valence-electron chi connectivity index (χ2n) is 13.5. The fourth-order valence-electron chi connectivity index (χ4n) is 6.71. The maximum atomic E-state index is 13.8. The number of aromatic hydroxyl groups is 1. The molecular formula is C41H41BrF2O12. The molecule has 0 heterocycles. The minimum Gasteiger partial charge on any atom is -0.506 e. The molecular weight excluding hydrogens is 802 g/mol. The lowest BCUT2D eigenvalue weighted by Crippen LogP contribution is -2.47. The van der Waals surface area contributed by atoms with Crippen molar-refractivity contribution in [2.45, 2.75) is 87.2 Å². The Bertz CT molecular complexity index is 2230. The van der Waals surface area contributed by atoms with Crippen LogP contribution in [0.1, 0.15) is 94.5 Å². The van der Waals surface area contributed by atoms with Crippen LogP contribution in [0.15, 0.2) is 34.0 Å². The van der Waals surface area contributed by atoms with E-state index in [1.165, 1.54) is 40.7 Å². The van der Waals surface area contributed by atoms with Crippen LogP contribution in [0.25, 0.3) is 0 Å². The monoisotopic (exact) mass is 842 g/mol. The Labute approximate surface area is 329 Å². The number of esters is 3. The third kappa shape index (κ3) is 7.69. The molecule has 3 aromatic rings. The summed E-state index contributed by atoms with van der Waals surface area (Å²) in [5.74, 6) is -6.26. The predicted molar refractivity (Wildman–Crippen MR) is 202 cm³/mol. The minimum atomic E-state index is -2.75. The van der Waals surface area contributed by atoms with Crippen LogP contribution in [0.5, 0.6) is 23.0 Å². The molecule has 3 N–H and O–H groups in total. The van der Waals surface area contributed by atoms with E-state index >= 15 is 0 Å². The molecule has 1 atom stereocenters. The molecule has 1 aliphatic carbocycles. The van der Waals surface area contributed by atoms with Crippen LogP contribution in [0.2, 0.25) is 0 Å². The van der Waals surface area contributed by atoms with Gasteiger partial charge < -0.3 is 34.3 Å². The topological polar surface area (TPSA) is 183 Å². The smallest absolute Gasteiger partial charge is 0.356 e. The number of phenols is 1. The van der Waals surface area contributed by atoms with Crippen molar-refractivity contribution in [3.05, 3.63) is 101 Å². The number of carbonyl (C=O) groups excluding carboxylic acids is 4. The zero-order valence-corrected chi connectivity index (χ0v) is 34.0. The molecule has 56 heavy (non-hydrogen) atoms. The summed E-state index contributed by atoms with van der Waals surface area (Å²) in [5, 5.41) is 32.3. The molecule has 0 fully saturated rings. The van der Waals surface area contributed by atoms with Crippen LogP contribution in [0, 0.1) is 55.4 Å². The van der Waals surface area contributed by atoms with Gasteiger partial charge in [-0.2, -0.15) is 0 Å². The van der Waals surface area contributed by atoms with Crippen molar-refractivity contribution >= 4 is 45.6 Å². The number of methoxy groups -OCH3 is 1. The lowest BCUT2D eigenvalue weighted by molar-refractivity contribution is -0.151. The number of carboxylic acid groups (broad SMARTS) is 1. The van der Waals surface area contributed by atoms with Gasteiger partial charge in [-0.15, -0.1) is 0 Å². The number of aryl methyl sites for hydroxylation is 1. The minimum absolute atomic E-state index is 0.0230. The van der Waals surface area contributed by atoms with E-state index in [0.29, 0.717) is 22.3 Å². The van der Waals surface area contributed by atoms with E-state index in [2.05, 4.69) is 15.9 Å². The van der Waals surface area contributed by atoms with E-state index in [-0.39, 0.29) is 84.0 Å². The quantitative estimate of drug-likeness (QED) is 0.127. The maximum absolute atomic E-state index is 13.8. The highest BCUT2D eigenvalue weighted by atomic mass is 79.9. The van der Waals surface area contributed by atoms with Crippen molar-refractivity contribution in [3.8, 4) is 23.0 Å². The lowest BCUT2D eigenvalue weighted by atomic mass is 9.87. The number of halogens is 3. The van der Waals surface area contributed by atoms with Crippen LogP contribution in [0.4, 0.5) is 8.78 Å². The van der Waals surface area contributed by atoms with Crippen LogP contribution < -0.4 is 14.2 Å². The molecule has 0 saturated carbocycles. The van der Waals surface area contributed by atoms with Gasteiger partial charge in [-0.05, 0) is 152 Å². The summed E-state index contributed by atoms with van der Waals surface area (Å²) in [4.78, 5) is 64.9. The third-order valence-corrected chi connectivity index (χ3v) is 11.0. The Hall–Kier alpha value is -5.41. The highest BCUT2D eigenvalue weighted by Crippen LogP contribution is 2.44. The average Bonchev–Trinajstić information content (AvgIpc) is 3.11. The molecule has 0 unspecified atom stereocenters. The first kappa shape index (κ1) is 43.3. The van der Waals surface area contributed by atoms with E-state index in [1.807, 2.05) is 0 Å². The van der Waals surface area contributed by atoms with Crippen molar-refractivity contribution < 1.29 is 67.0 Å². The Kier molecular flexibility index (Phi) is 12.7. The van der Waals surface area contributed by atoms with Crippen LogP contribution in [-0.2, 0) is 20.7 Å². The largest absolute Gasteiger partial charge is 0.506 e. The summed E-state index contributed by atoms with van der Waals surface area (Å²) in [6, 6.07) is 1.32. The van der Waals surface area contributed by atoms with Gasteiger partial charge in [0.1, 0.15) is 33.0 Å². The summed E-state index contributed by atoms with van der Waals surface area (Å²) in [5.41, 5.74) is -0.342. The number of alkyl halides is 2. The number of phenolic OH excluding ortho intramolecular Hbond substituents is 1. The van der Waals surface area contributed by atoms with Gasteiger partial charge in [0.05, 0.1) is 18.2 Å². The Balaban J connectivity index is 1.75. The zero-order chi connectivity index (χ0) is 42.3.